The number of rotatable bonds is 1. The Bertz CT molecular complexity index is 196. The van der Waals surface area contributed by atoms with Crippen LogP contribution in [-0.4, -0.2) is 4.98 Å². The molecule has 1 aromatic heterocycles. The minimum Gasteiger partial charge on any atom is -0.250 e. The second-order valence-corrected chi connectivity index (χ2v) is 2.19. The molecule has 0 aliphatic carbocycles. The summed E-state index contributed by atoms with van der Waals surface area (Å²) in [5.41, 5.74) is 0. The summed E-state index contributed by atoms with van der Waals surface area (Å²) >= 11 is 0. The number of hydrogen-bond acceptors (Lipinski definition) is 1. The van der Waals surface area contributed by atoms with Crippen molar-refractivity contribution in [2.45, 2.75) is 19.8 Å². The maximum absolute atomic E-state index is 7.82. The van der Waals surface area contributed by atoms with Crippen molar-refractivity contribution in [3.63, 3.8) is 0 Å². The zero-order valence-corrected chi connectivity index (χ0v) is 7.04. The van der Waals surface area contributed by atoms with Crippen molar-refractivity contribution in [2.75, 3.05) is 0 Å². The van der Waals surface area contributed by atoms with Gasteiger partial charge in [0, 0.05) is 6.42 Å². The topological polar surface area (TPSA) is 43.5 Å². The number of H-pyrrole nitrogens is 1. The Balaban J connectivity index is 0.000000187. The first-order valence-corrected chi connectivity index (χ1v) is 3.66. The van der Waals surface area contributed by atoms with Crippen LogP contribution in [0.2, 0.25) is 0 Å². The summed E-state index contributed by atoms with van der Waals surface area (Å²) in [6, 6.07) is 2.02. The molecule has 60 valence electrons. The van der Waals surface area contributed by atoms with E-state index in [1.165, 1.54) is 0 Å². The summed E-state index contributed by atoms with van der Waals surface area (Å²) < 4.78 is 1.94. The van der Waals surface area contributed by atoms with Crippen LogP contribution in [0.25, 0.3) is 0 Å². The van der Waals surface area contributed by atoms with Crippen LogP contribution < -0.4 is 4.57 Å². The number of hydrogen-bond donors (Lipinski definition) is 1. The van der Waals surface area contributed by atoms with Crippen LogP contribution in [0.5, 0.6) is 0 Å². The molecule has 1 rings (SSSR count). The predicted molar refractivity (Wildman–Crippen MR) is 42.5 cm³/mol. The van der Waals surface area contributed by atoms with E-state index in [4.69, 9.17) is 5.26 Å². The van der Waals surface area contributed by atoms with Gasteiger partial charge in [0.15, 0.2) is 0 Å². The van der Waals surface area contributed by atoms with Crippen molar-refractivity contribution in [3.8, 4) is 6.07 Å². The first kappa shape index (κ1) is 9.70. The molecule has 0 saturated carbocycles. The van der Waals surface area contributed by atoms with Gasteiger partial charge in [-0.1, -0.05) is 6.92 Å². The van der Waals surface area contributed by atoms with Gasteiger partial charge in [0.05, 0.1) is 13.1 Å². The van der Waals surface area contributed by atoms with E-state index in [0.29, 0.717) is 6.42 Å². The Kier molecular flexibility index (Phi) is 6.01. The number of aromatic nitrogens is 2. The Morgan fingerprint density at radius 1 is 1.64 bits per heavy atom. The smallest absolute Gasteiger partial charge is 0.241 e. The number of aromatic amines is 1. The second kappa shape index (κ2) is 6.81. The van der Waals surface area contributed by atoms with Crippen molar-refractivity contribution in [2.24, 2.45) is 7.05 Å². The normalized spacial score (nSPS) is 7.73. The van der Waals surface area contributed by atoms with Crippen molar-refractivity contribution in [1.82, 2.24) is 4.98 Å². The lowest BCUT2D eigenvalue weighted by atomic mass is 10.4. The summed E-state index contributed by atoms with van der Waals surface area (Å²) in [4.78, 5) is 2.89. The van der Waals surface area contributed by atoms with Crippen molar-refractivity contribution in [3.05, 3.63) is 18.7 Å². The summed E-state index contributed by atoms with van der Waals surface area (Å²) in [5, 5.41) is 7.82. The SMILES string of the molecule is CCCC#N.C[n+]1cc[nH]c1. The summed E-state index contributed by atoms with van der Waals surface area (Å²) in [6.07, 6.45) is 7.37. The number of imidazole rings is 1. The van der Waals surface area contributed by atoms with Gasteiger partial charge in [-0.05, 0) is 6.42 Å². The van der Waals surface area contributed by atoms with Gasteiger partial charge < -0.3 is 0 Å². The molecule has 0 aliphatic rings. The lowest BCUT2D eigenvalue weighted by Gasteiger charge is -1.66. The Morgan fingerprint density at radius 2 is 2.36 bits per heavy atom. The first-order chi connectivity index (χ1) is 5.31. The van der Waals surface area contributed by atoms with Crippen molar-refractivity contribution >= 4 is 0 Å². The highest BCUT2D eigenvalue weighted by Crippen LogP contribution is 1.77. The zero-order chi connectivity index (χ0) is 8.53. The number of unbranched alkanes of at least 4 members (excludes halogenated alkanes) is 1. The fourth-order valence-corrected chi connectivity index (χ4v) is 0.476. The molecule has 0 spiro atoms. The van der Waals surface area contributed by atoms with E-state index in [0.717, 1.165) is 6.42 Å². The molecule has 0 aromatic carbocycles. The van der Waals surface area contributed by atoms with E-state index in [-0.39, 0.29) is 0 Å². The summed E-state index contributed by atoms with van der Waals surface area (Å²) in [7, 11) is 1.97. The van der Waals surface area contributed by atoms with Crippen LogP contribution in [0.15, 0.2) is 18.7 Å². The predicted octanol–water partition coefficient (Wildman–Crippen LogP) is 1.15. The second-order valence-electron chi connectivity index (χ2n) is 2.19. The van der Waals surface area contributed by atoms with Crippen LogP contribution in [-0.2, 0) is 7.05 Å². The van der Waals surface area contributed by atoms with Gasteiger partial charge in [-0.25, -0.2) is 4.57 Å². The molecule has 3 heteroatoms. The minimum atomic E-state index is 0.694. The first-order valence-electron chi connectivity index (χ1n) is 3.66. The molecule has 0 atom stereocenters. The fraction of sp³-hybridized carbons (Fsp3) is 0.500. The maximum Gasteiger partial charge on any atom is 0.241 e. The van der Waals surface area contributed by atoms with E-state index in [9.17, 15) is 0 Å². The van der Waals surface area contributed by atoms with Gasteiger partial charge >= 0.3 is 0 Å². The summed E-state index contributed by atoms with van der Waals surface area (Å²) in [5.74, 6) is 0. The highest BCUT2D eigenvalue weighted by atomic mass is 15.0. The molecule has 0 aliphatic heterocycles. The van der Waals surface area contributed by atoms with Crippen molar-refractivity contribution < 1.29 is 4.57 Å². The van der Waals surface area contributed by atoms with E-state index in [1.54, 1.807) is 0 Å². The number of nitrogens with one attached hydrogen (secondary N) is 1. The average Bonchev–Trinajstić information content (AvgIpc) is 2.43. The van der Waals surface area contributed by atoms with E-state index in [2.05, 4.69) is 4.98 Å². The van der Waals surface area contributed by atoms with E-state index < -0.39 is 0 Å². The van der Waals surface area contributed by atoms with Gasteiger partial charge in [0.2, 0.25) is 6.33 Å². The monoisotopic (exact) mass is 152 g/mol. The Hall–Kier alpha value is -1.30. The molecule has 1 heterocycles. The zero-order valence-electron chi connectivity index (χ0n) is 7.04. The molecule has 0 radical (unpaired) electrons. The lowest BCUT2D eigenvalue weighted by molar-refractivity contribution is -0.670. The maximum atomic E-state index is 7.82. The third-order valence-corrected chi connectivity index (χ3v) is 1.05. The van der Waals surface area contributed by atoms with Crippen LogP contribution in [0, 0.1) is 11.3 Å². The van der Waals surface area contributed by atoms with Crippen LogP contribution in [0.1, 0.15) is 19.8 Å². The Morgan fingerprint density at radius 3 is 2.45 bits per heavy atom. The molecular formula is C8H14N3+. The van der Waals surface area contributed by atoms with Gasteiger partial charge in [0.25, 0.3) is 0 Å². The van der Waals surface area contributed by atoms with Gasteiger partial charge in [-0.2, -0.15) is 5.26 Å². The summed E-state index contributed by atoms with van der Waals surface area (Å²) in [6.45, 7) is 1.99. The van der Waals surface area contributed by atoms with E-state index in [1.807, 2.05) is 43.3 Å². The van der Waals surface area contributed by atoms with Gasteiger partial charge in [-0.15, -0.1) is 0 Å². The quantitative estimate of drug-likeness (QED) is 0.603. The highest BCUT2D eigenvalue weighted by molar-refractivity contribution is 4.65. The van der Waals surface area contributed by atoms with Crippen LogP contribution in [0.3, 0.4) is 0 Å². The van der Waals surface area contributed by atoms with E-state index >= 15 is 0 Å². The van der Waals surface area contributed by atoms with Crippen LogP contribution in [0.4, 0.5) is 0 Å². The standard InChI is InChI=1S/C4H6N2.C4H7N/c1-6-3-2-5-4-6;1-2-3-4-5/h2-4H,1H3;2-3H2,1H3/p+1. The third kappa shape index (κ3) is 6.59. The minimum absolute atomic E-state index is 0.694. The molecular weight excluding hydrogens is 138 g/mol. The molecule has 0 saturated heterocycles. The molecule has 1 N–H and O–H groups in total. The van der Waals surface area contributed by atoms with Crippen LogP contribution >= 0.6 is 0 Å². The van der Waals surface area contributed by atoms with Gasteiger partial charge in [0.1, 0.15) is 12.4 Å². The number of nitrogens with zero attached hydrogens (tertiary/aromatic N) is 2. The highest BCUT2D eigenvalue weighted by Gasteiger charge is 1.78. The van der Waals surface area contributed by atoms with Crippen molar-refractivity contribution in [1.29, 1.82) is 5.26 Å². The average molecular weight is 152 g/mol. The molecule has 0 fully saturated rings. The molecule has 0 amide bonds. The molecule has 0 unspecified atom stereocenters. The third-order valence-electron chi connectivity index (χ3n) is 1.05. The molecule has 3 nitrogen and oxygen atoms in total. The van der Waals surface area contributed by atoms with Gasteiger partial charge in [-0.3, -0.25) is 4.98 Å². The number of aryl methyl sites for hydroxylation is 1. The molecule has 0 bridgehead atoms. The largest absolute Gasteiger partial charge is 0.250 e. The lowest BCUT2D eigenvalue weighted by Crippen LogP contribution is -2.22. The number of nitriles is 1. The Labute approximate surface area is 67.3 Å². The molecule has 1 aromatic rings. The fourth-order valence-electron chi connectivity index (χ4n) is 0.476. The molecule has 11 heavy (non-hydrogen) atoms.